The van der Waals surface area contributed by atoms with Gasteiger partial charge in [0.1, 0.15) is 13.2 Å². The number of nitrogens with one attached hydrogen (secondary N) is 2. The minimum atomic E-state index is -0.869. The van der Waals surface area contributed by atoms with E-state index in [1.54, 1.807) is 24.3 Å². The van der Waals surface area contributed by atoms with Crippen LogP contribution in [0.15, 0.2) is 48.5 Å². The number of aryl methyl sites for hydroxylation is 1. The summed E-state index contributed by atoms with van der Waals surface area (Å²) in [4.78, 5) is 31.6. The van der Waals surface area contributed by atoms with Crippen molar-refractivity contribution in [2.45, 2.75) is 38.5 Å². The summed E-state index contributed by atoms with van der Waals surface area (Å²) in [6, 6.07) is 13.5. The number of aromatic nitrogens is 1. The predicted molar refractivity (Wildman–Crippen MR) is 150 cm³/mol. The normalized spacial score (nSPS) is 12.6. The number of carbonyl (C=O) groups is 1. The summed E-state index contributed by atoms with van der Waals surface area (Å²) in [6.07, 6.45) is 9.47. The number of anilines is 1. The quantitative estimate of drug-likeness (QED) is 0.132. The maximum atomic E-state index is 12.3. The Kier molecular flexibility index (Phi) is 9.93. The van der Waals surface area contributed by atoms with Crippen LogP contribution in [0.25, 0.3) is 17.0 Å². The van der Waals surface area contributed by atoms with Crippen molar-refractivity contribution in [3.63, 3.8) is 0 Å². The molecule has 1 heterocycles. The molecule has 4 rings (SSSR count). The molecule has 1 aliphatic rings. The highest BCUT2D eigenvalue weighted by Gasteiger charge is 2.17. The van der Waals surface area contributed by atoms with Crippen molar-refractivity contribution < 1.29 is 24.2 Å². The van der Waals surface area contributed by atoms with Gasteiger partial charge in [-0.2, -0.15) is 0 Å². The fourth-order valence-corrected chi connectivity index (χ4v) is 4.65. The number of fused-ring (bicyclic) bond motifs is 2. The Morgan fingerprint density at radius 2 is 1.90 bits per heavy atom. The summed E-state index contributed by atoms with van der Waals surface area (Å²) in [5.41, 5.74) is 5.61. The van der Waals surface area contributed by atoms with Gasteiger partial charge in [0.15, 0.2) is 11.5 Å². The minimum Gasteiger partial charge on any atom is -0.493 e. The van der Waals surface area contributed by atoms with Gasteiger partial charge in [0, 0.05) is 35.9 Å². The zero-order valence-electron chi connectivity index (χ0n) is 22.1. The average Bonchev–Trinajstić information content (AvgIpc) is 2.95. The van der Waals surface area contributed by atoms with Crippen molar-refractivity contribution in [3.05, 3.63) is 75.5 Å². The first-order valence-corrected chi connectivity index (χ1v) is 13.2. The van der Waals surface area contributed by atoms with Crippen LogP contribution in [0, 0.1) is 10.1 Å². The Morgan fingerprint density at radius 1 is 1.08 bits per heavy atom. The molecular weight excluding hydrogens is 500 g/mol. The third-order valence-corrected chi connectivity index (χ3v) is 6.53. The summed E-state index contributed by atoms with van der Waals surface area (Å²) < 4.78 is 10.8. The highest BCUT2D eigenvalue weighted by molar-refractivity contribution is 5.93. The predicted octanol–water partition coefficient (Wildman–Crippen LogP) is 4.73. The van der Waals surface area contributed by atoms with Crippen LogP contribution in [-0.4, -0.2) is 49.4 Å². The number of pyridine rings is 1. The second kappa shape index (κ2) is 14.0. The molecule has 10 heteroatoms. The highest BCUT2D eigenvalue weighted by Crippen LogP contribution is 2.33. The van der Waals surface area contributed by atoms with E-state index in [2.05, 4.69) is 33.7 Å². The van der Waals surface area contributed by atoms with E-state index in [0.29, 0.717) is 18.0 Å². The number of para-hydroxylation sites is 1. The molecule has 1 aromatic heterocycles. The molecule has 0 saturated heterocycles. The lowest BCUT2D eigenvalue weighted by Crippen LogP contribution is -2.22. The van der Waals surface area contributed by atoms with E-state index in [-0.39, 0.29) is 19.1 Å². The molecular formula is C29H34N4O6. The lowest BCUT2D eigenvalue weighted by molar-refractivity contribution is -0.757. The van der Waals surface area contributed by atoms with Crippen molar-refractivity contribution in [2.75, 3.05) is 38.7 Å². The van der Waals surface area contributed by atoms with Gasteiger partial charge in [-0.15, -0.1) is 10.1 Å². The van der Waals surface area contributed by atoms with Gasteiger partial charge >= 0.3 is 0 Å². The number of benzene rings is 2. The van der Waals surface area contributed by atoms with Gasteiger partial charge in [0.05, 0.1) is 12.6 Å². The second-order valence-corrected chi connectivity index (χ2v) is 9.21. The van der Waals surface area contributed by atoms with Crippen LogP contribution in [0.1, 0.15) is 42.5 Å². The van der Waals surface area contributed by atoms with Crippen LogP contribution in [0.2, 0.25) is 0 Å². The zero-order chi connectivity index (χ0) is 27.5. The number of unbranched alkanes of at least 4 members (excludes halogenated alkanes) is 1. The molecule has 0 aliphatic heterocycles. The molecule has 10 nitrogen and oxygen atoms in total. The number of hydrogen-bond acceptors (Lipinski definition) is 8. The number of amides is 1. The van der Waals surface area contributed by atoms with Crippen molar-refractivity contribution in [2.24, 2.45) is 0 Å². The second-order valence-electron chi connectivity index (χ2n) is 9.21. The zero-order valence-corrected chi connectivity index (χ0v) is 22.1. The Bertz CT molecular complexity index is 1330. The van der Waals surface area contributed by atoms with Crippen LogP contribution in [0.5, 0.6) is 11.5 Å². The maximum absolute atomic E-state index is 12.3. The lowest BCUT2D eigenvalue weighted by Gasteiger charge is -2.21. The topological polar surface area (TPSA) is 125 Å². The molecule has 0 radical (unpaired) electrons. The average molecular weight is 535 g/mol. The van der Waals surface area contributed by atoms with Crippen LogP contribution in [0.4, 0.5) is 5.69 Å². The van der Waals surface area contributed by atoms with E-state index < -0.39 is 5.09 Å². The largest absolute Gasteiger partial charge is 0.493 e. The Balaban J connectivity index is 1.21. The Labute approximate surface area is 227 Å². The first kappa shape index (κ1) is 27.7. The Morgan fingerprint density at radius 3 is 2.74 bits per heavy atom. The fourth-order valence-electron chi connectivity index (χ4n) is 4.65. The summed E-state index contributed by atoms with van der Waals surface area (Å²) in [6.45, 7) is 1.24. The third kappa shape index (κ3) is 7.83. The van der Waals surface area contributed by atoms with Gasteiger partial charge in [-0.25, -0.2) is 0 Å². The van der Waals surface area contributed by atoms with Gasteiger partial charge in [0.2, 0.25) is 5.91 Å². The SMILES string of the molecule is COc1cc(/C=C/C(=O)NCCCCNc2c3c(nc4ccccc24)CCCC3)ccc1OCCO[N+](=O)[O-]. The van der Waals surface area contributed by atoms with Crippen LogP contribution < -0.4 is 20.1 Å². The van der Waals surface area contributed by atoms with E-state index in [4.69, 9.17) is 14.5 Å². The standard InChI is InChI=1S/C29H34N4O6/c1-37-27-20-21(12-14-26(27)38-18-19-39-33(35)36)13-15-28(34)30-16-6-7-17-31-29-22-8-2-4-10-24(22)32-25-11-5-3-9-23(25)29/h2,4,8,10,12-15,20H,3,5-7,9,11,16-19H2,1H3,(H,30,34)(H,31,32)/b15-13+. The van der Waals surface area contributed by atoms with E-state index in [1.165, 1.54) is 48.4 Å². The lowest BCUT2D eigenvalue weighted by atomic mass is 9.92. The molecule has 1 amide bonds. The number of rotatable bonds is 14. The van der Waals surface area contributed by atoms with Crippen molar-refractivity contribution in [1.82, 2.24) is 10.3 Å². The number of nitrogens with zero attached hydrogens (tertiary/aromatic N) is 2. The van der Waals surface area contributed by atoms with Gasteiger partial charge < -0.3 is 24.9 Å². The third-order valence-electron chi connectivity index (χ3n) is 6.53. The monoisotopic (exact) mass is 534 g/mol. The smallest absolute Gasteiger partial charge is 0.294 e. The summed E-state index contributed by atoms with van der Waals surface area (Å²) in [7, 11) is 1.50. The number of methoxy groups -OCH3 is 1. The van der Waals surface area contributed by atoms with E-state index in [9.17, 15) is 14.9 Å². The molecule has 39 heavy (non-hydrogen) atoms. The molecule has 0 unspecified atom stereocenters. The first-order chi connectivity index (χ1) is 19.0. The van der Waals surface area contributed by atoms with E-state index in [0.717, 1.165) is 43.3 Å². The number of carbonyl (C=O) groups excluding carboxylic acids is 1. The molecule has 3 aromatic rings. The van der Waals surface area contributed by atoms with E-state index in [1.807, 2.05) is 6.07 Å². The van der Waals surface area contributed by atoms with Gasteiger partial charge in [-0.3, -0.25) is 9.78 Å². The molecule has 206 valence electrons. The summed E-state index contributed by atoms with van der Waals surface area (Å²) >= 11 is 0. The number of ether oxygens (including phenoxy) is 2. The molecule has 0 spiro atoms. The molecule has 2 aromatic carbocycles. The van der Waals surface area contributed by atoms with Crippen molar-refractivity contribution >= 4 is 28.6 Å². The van der Waals surface area contributed by atoms with Crippen LogP contribution >= 0.6 is 0 Å². The summed E-state index contributed by atoms with van der Waals surface area (Å²) in [5.74, 6) is 0.711. The van der Waals surface area contributed by atoms with Gasteiger partial charge in [0.25, 0.3) is 5.09 Å². The highest BCUT2D eigenvalue weighted by atomic mass is 17.0. The first-order valence-electron chi connectivity index (χ1n) is 13.2. The van der Waals surface area contributed by atoms with Gasteiger partial charge in [-0.1, -0.05) is 24.3 Å². The molecule has 0 fully saturated rings. The molecule has 0 bridgehead atoms. The maximum Gasteiger partial charge on any atom is 0.294 e. The molecule has 0 atom stereocenters. The van der Waals surface area contributed by atoms with Crippen LogP contribution in [-0.2, 0) is 22.5 Å². The molecule has 0 saturated carbocycles. The van der Waals surface area contributed by atoms with Gasteiger partial charge in [-0.05, 0) is 73.9 Å². The summed E-state index contributed by atoms with van der Waals surface area (Å²) in [5, 5.41) is 17.1. The molecule has 2 N–H and O–H groups in total. The number of hydrogen-bond donors (Lipinski definition) is 2. The van der Waals surface area contributed by atoms with Crippen molar-refractivity contribution in [3.8, 4) is 11.5 Å². The van der Waals surface area contributed by atoms with Crippen LogP contribution in [0.3, 0.4) is 0 Å². The van der Waals surface area contributed by atoms with E-state index >= 15 is 0 Å². The Hall–Kier alpha value is -4.34. The fraction of sp³-hybridized carbons (Fsp3) is 0.379. The molecule has 1 aliphatic carbocycles. The van der Waals surface area contributed by atoms with Crippen molar-refractivity contribution in [1.29, 1.82) is 0 Å². The minimum absolute atomic E-state index is 0.00575.